The Kier molecular flexibility index (Phi) is 18.4. The molecule has 22 heteroatoms. The summed E-state index contributed by atoms with van der Waals surface area (Å²) in [5.41, 5.74) is -3.18. The minimum atomic E-state index is -0.954. The predicted octanol–water partition coefficient (Wildman–Crippen LogP) is 8.40. The van der Waals surface area contributed by atoms with Gasteiger partial charge in [0.05, 0.1) is 40.5 Å². The van der Waals surface area contributed by atoms with Crippen molar-refractivity contribution in [3.8, 4) is 23.3 Å². The Morgan fingerprint density at radius 1 is 0.447 bits per heavy atom. The van der Waals surface area contributed by atoms with Crippen LogP contribution in [0.2, 0.25) is 0 Å². The molecule has 85 heavy (non-hydrogen) atoms. The van der Waals surface area contributed by atoms with Crippen molar-refractivity contribution < 1.29 is 23.9 Å². The van der Waals surface area contributed by atoms with Crippen LogP contribution in [0.1, 0.15) is 142 Å². The first-order chi connectivity index (χ1) is 39.7. The minimum absolute atomic E-state index is 0.0558. The van der Waals surface area contributed by atoms with Crippen LogP contribution in [0.5, 0.6) is 0 Å². The first kappa shape index (κ1) is 63.9. The zero-order valence-electron chi connectivity index (χ0n) is 50.8. The number of rotatable bonds is 14. The van der Waals surface area contributed by atoms with Crippen molar-refractivity contribution in [3.63, 3.8) is 0 Å². The molecule has 3 saturated carbocycles. The molecule has 8 rings (SSSR count). The maximum atomic E-state index is 14.4. The zero-order valence-corrected chi connectivity index (χ0v) is 50.8. The van der Waals surface area contributed by atoms with E-state index in [1.54, 1.807) is 56.3 Å². The van der Waals surface area contributed by atoms with E-state index in [0.717, 1.165) is 24.8 Å². The van der Waals surface area contributed by atoms with Crippen molar-refractivity contribution in [1.29, 1.82) is 5.26 Å². The molecule has 3 aliphatic carbocycles. The normalized spacial score (nSPS) is 23.6. The van der Waals surface area contributed by atoms with Gasteiger partial charge in [-0.15, -0.1) is 0 Å². The van der Waals surface area contributed by atoms with Gasteiger partial charge in [0.1, 0.15) is 6.10 Å². The largest absolute Gasteiger partial charge is 0.424 e. The van der Waals surface area contributed by atoms with E-state index in [4.69, 9.17) is 4.74 Å². The fourth-order valence-electron chi connectivity index (χ4n) is 14.7. The van der Waals surface area contributed by atoms with E-state index in [1.807, 2.05) is 40.9 Å². The van der Waals surface area contributed by atoms with Gasteiger partial charge in [-0.3, -0.25) is 0 Å². The highest BCUT2D eigenvalue weighted by Gasteiger charge is 2.47. The number of benzene rings is 3. The molecule has 0 amide bonds. The number of aromatic nitrogens is 6. The van der Waals surface area contributed by atoms with Crippen LogP contribution in [0.3, 0.4) is 0 Å². The standard InChI is InChI=1S/C36H54N6O6.C27H21N5O5/c1-31(2)10-25(38-23-43)12-34(7,16-31)19-40-28(45)41(20-35(8)13-26(39-24-44)11-32(3,4)17-35)30(47)42(29(40)46)21-36(9)15-27(48-22-37)14-33(5,6)18-36;1-16-5-8-20(11-19(16)4)30-25(35)31(21-9-6-17(2)23(12-21)28-14-33)27(37)32(26(30)36)22-10-7-18(3)24(13-22)29-15-34/h25-27H,10-21H2,1-9H3;5-13H,1-4H3. The van der Waals surface area contributed by atoms with Crippen molar-refractivity contribution in [1.82, 2.24) is 27.4 Å². The third-order valence-electron chi connectivity index (χ3n) is 17.1. The van der Waals surface area contributed by atoms with Crippen LogP contribution < -0.4 is 34.1 Å². The fourth-order valence-corrected chi connectivity index (χ4v) is 14.7. The highest BCUT2D eigenvalue weighted by molar-refractivity contribution is 5.59. The van der Waals surface area contributed by atoms with Gasteiger partial charge in [0.25, 0.3) is 6.26 Å². The van der Waals surface area contributed by atoms with Gasteiger partial charge in [-0.25, -0.2) is 85.3 Å². The summed E-state index contributed by atoms with van der Waals surface area (Å²) in [6, 6.07) is 13.5. The van der Waals surface area contributed by atoms with Crippen LogP contribution in [0.25, 0.3) is 17.1 Å². The number of carbonyl (C=O) groups excluding carboxylic acids is 4. The molecule has 3 aliphatic rings. The summed E-state index contributed by atoms with van der Waals surface area (Å²) in [4.78, 5) is 144. The lowest BCUT2D eigenvalue weighted by Gasteiger charge is -2.46. The summed E-state index contributed by atoms with van der Waals surface area (Å²) in [5, 5.41) is 9.30. The third-order valence-corrected chi connectivity index (χ3v) is 17.1. The third kappa shape index (κ3) is 14.3. The summed E-state index contributed by atoms with van der Waals surface area (Å²) in [6.45, 7) is 25.9. The smallest absolute Gasteiger partial charge is 0.345 e. The molecule has 6 atom stereocenters. The molecule has 448 valence electrons. The minimum Gasteiger partial charge on any atom is -0.424 e. The van der Waals surface area contributed by atoms with Gasteiger partial charge < -0.3 is 4.74 Å². The van der Waals surface area contributed by atoms with Crippen molar-refractivity contribution in [3.05, 3.63) is 140 Å². The van der Waals surface area contributed by atoms with E-state index in [2.05, 4.69) is 61.5 Å². The summed E-state index contributed by atoms with van der Waals surface area (Å²) in [7, 11) is 0. The highest BCUT2D eigenvalue weighted by atomic mass is 16.5. The lowest BCUT2D eigenvalue weighted by Crippen LogP contribution is -2.59. The van der Waals surface area contributed by atoms with Crippen LogP contribution >= 0.6 is 0 Å². The number of aryl methyl sites for hydroxylation is 4. The first-order valence-corrected chi connectivity index (χ1v) is 28.3. The molecular formula is C63H75N11O11. The molecule has 0 N–H and O–H groups in total. The molecule has 2 heterocycles. The Hall–Kier alpha value is -8.71. The van der Waals surface area contributed by atoms with E-state index >= 15 is 0 Å². The number of isocyanates is 4. The number of hydrogen-bond donors (Lipinski definition) is 0. The van der Waals surface area contributed by atoms with Gasteiger partial charge in [0, 0.05) is 19.6 Å². The molecule has 0 bridgehead atoms. The van der Waals surface area contributed by atoms with Crippen molar-refractivity contribution in [2.75, 3.05) is 0 Å². The Labute approximate surface area is 491 Å². The lowest BCUT2D eigenvalue weighted by molar-refractivity contribution is -0.0206. The van der Waals surface area contributed by atoms with Gasteiger partial charge in [0.2, 0.25) is 24.3 Å². The van der Waals surface area contributed by atoms with Crippen LogP contribution in [0.4, 0.5) is 11.4 Å². The Morgan fingerprint density at radius 3 is 1.13 bits per heavy atom. The molecule has 6 unspecified atom stereocenters. The molecule has 3 aromatic carbocycles. The van der Waals surface area contributed by atoms with Crippen molar-refractivity contribution in [2.24, 2.45) is 52.5 Å². The first-order valence-electron chi connectivity index (χ1n) is 28.3. The van der Waals surface area contributed by atoms with Crippen LogP contribution in [-0.2, 0) is 43.5 Å². The summed E-state index contributed by atoms with van der Waals surface area (Å²) in [6.07, 6.45) is 13.3. The maximum absolute atomic E-state index is 14.4. The summed E-state index contributed by atoms with van der Waals surface area (Å²) in [5.74, 6) is 0. The fraction of sp³-hybridized carbons (Fsp3) is 0.540. The average Bonchev–Trinajstić information content (AvgIpc) is 1.34. The Balaban J connectivity index is 0.000000252. The maximum Gasteiger partial charge on any atom is 0.345 e. The van der Waals surface area contributed by atoms with Crippen LogP contribution in [0, 0.1) is 71.7 Å². The van der Waals surface area contributed by atoms with Crippen molar-refractivity contribution in [2.45, 2.75) is 186 Å². The van der Waals surface area contributed by atoms with Crippen molar-refractivity contribution >= 4 is 35.7 Å². The molecule has 0 aliphatic heterocycles. The molecule has 0 radical (unpaired) electrons. The second-order valence-corrected chi connectivity index (χ2v) is 27.3. The van der Waals surface area contributed by atoms with E-state index in [9.17, 15) is 53.2 Å². The number of nitrogens with zero attached hydrogens (tertiary/aromatic N) is 11. The molecule has 3 fully saturated rings. The number of nitriles is 1. The van der Waals surface area contributed by atoms with Gasteiger partial charge in [-0.05, 0) is 177 Å². The molecular weight excluding hydrogens is 1090 g/mol. The summed E-state index contributed by atoms with van der Waals surface area (Å²) < 4.78 is 11.6. The monoisotopic (exact) mass is 1160 g/mol. The SMILES string of the molecule is CC1(C)CC(N=C=O)CC(C)(Cn2c(=O)n(CC3(C)CC(N=C=O)CC(C)(C)C3)c(=O)n(CC3(C)CC(OC#N)CC(C)(C)C3)c2=O)C1.Cc1ccc(-n2c(=O)n(-c3ccc(C)c(N=C=O)c3)c(=O)n(-c3ccc(C)c(N=C=O)c3)c2=O)cc1C. The number of hydrogen-bond acceptors (Lipinski definition) is 16. The van der Waals surface area contributed by atoms with Gasteiger partial charge in [-0.2, -0.15) is 15.2 Å². The zero-order chi connectivity index (χ0) is 62.8. The molecule has 0 spiro atoms. The van der Waals surface area contributed by atoms with E-state index in [1.165, 1.54) is 50.1 Å². The molecule has 0 saturated heterocycles. The predicted molar refractivity (Wildman–Crippen MR) is 318 cm³/mol. The quantitative estimate of drug-likeness (QED) is 0.0575. The van der Waals surface area contributed by atoms with E-state index in [0.29, 0.717) is 68.9 Å². The Morgan fingerprint density at radius 2 is 0.788 bits per heavy atom. The van der Waals surface area contributed by atoms with Gasteiger partial charge in [-0.1, -0.05) is 80.5 Å². The van der Waals surface area contributed by atoms with Gasteiger partial charge in [0.15, 0.2) is 0 Å². The van der Waals surface area contributed by atoms with Crippen LogP contribution in [-0.4, -0.2) is 69.9 Å². The van der Waals surface area contributed by atoms with Gasteiger partial charge >= 0.3 is 34.1 Å². The second-order valence-electron chi connectivity index (χ2n) is 27.3. The molecule has 22 nitrogen and oxygen atoms in total. The lowest BCUT2D eigenvalue weighted by atomic mass is 9.62. The van der Waals surface area contributed by atoms with Crippen LogP contribution in [0.15, 0.2) is 103 Å². The molecule has 2 aromatic heterocycles. The average molecular weight is 1160 g/mol. The molecule has 5 aromatic rings. The topological polar surface area (TPSA) is 283 Å². The summed E-state index contributed by atoms with van der Waals surface area (Å²) >= 11 is 0. The van der Waals surface area contributed by atoms with E-state index in [-0.39, 0.29) is 82.5 Å². The number of ether oxygens (including phenoxy) is 1. The number of aliphatic imine (C=N–C) groups is 4. The highest BCUT2D eigenvalue weighted by Crippen LogP contribution is 2.50. The Bertz CT molecular complexity index is 3890. The second kappa shape index (κ2) is 24.5. The van der Waals surface area contributed by atoms with E-state index < -0.39 is 50.4 Å².